The fraction of sp³-hybridized carbons (Fsp3) is 0.545. The Hall–Kier alpha value is -2.79. The van der Waals surface area contributed by atoms with E-state index in [0.29, 0.717) is 11.5 Å². The Balaban J connectivity index is 2.33. The van der Waals surface area contributed by atoms with E-state index in [2.05, 4.69) is 0 Å². The molecule has 10 nitrogen and oxygen atoms in total. The summed E-state index contributed by atoms with van der Waals surface area (Å²) >= 11 is 1.29. The fourth-order valence-corrected chi connectivity index (χ4v) is 4.39. The predicted molar refractivity (Wildman–Crippen MR) is 116 cm³/mol. The van der Waals surface area contributed by atoms with E-state index in [0.717, 1.165) is 5.56 Å². The summed E-state index contributed by atoms with van der Waals surface area (Å²) in [6.07, 6.45) is -4.36. The zero-order valence-electron chi connectivity index (χ0n) is 19.1. The SMILES string of the molecule is COc1ccc(CS[C@H]2O[C@H](COC(C)=O)[C@@H](OC(C)=O)[C@H](OC(C)=O)[C@H]2OC(C)=O)cc1. The lowest BCUT2D eigenvalue weighted by Crippen LogP contribution is -2.61. The first-order valence-electron chi connectivity index (χ1n) is 10.2. The Labute approximate surface area is 196 Å². The first-order valence-corrected chi connectivity index (χ1v) is 11.2. The molecular weight excluding hydrogens is 456 g/mol. The minimum absolute atomic E-state index is 0.253. The van der Waals surface area contributed by atoms with Crippen LogP contribution in [0.5, 0.6) is 5.75 Å². The van der Waals surface area contributed by atoms with Crippen molar-refractivity contribution in [2.75, 3.05) is 13.7 Å². The molecule has 1 aliphatic rings. The number of rotatable bonds is 9. The van der Waals surface area contributed by atoms with Crippen molar-refractivity contribution in [3.8, 4) is 5.75 Å². The van der Waals surface area contributed by atoms with E-state index in [9.17, 15) is 19.2 Å². The summed E-state index contributed by atoms with van der Waals surface area (Å²) < 4.78 is 32.5. The highest BCUT2D eigenvalue weighted by molar-refractivity contribution is 7.99. The van der Waals surface area contributed by atoms with Crippen molar-refractivity contribution < 1.29 is 47.6 Å². The zero-order valence-corrected chi connectivity index (χ0v) is 19.9. The molecule has 1 saturated heterocycles. The molecule has 0 spiro atoms. The highest BCUT2D eigenvalue weighted by Gasteiger charge is 2.52. The standard InChI is InChI=1S/C22H28O10S/c1-12(23)28-10-18-19(29-13(2)24)20(30-14(3)25)21(31-15(4)26)22(32-18)33-11-16-6-8-17(27-5)9-7-16/h6-9,18-22H,10-11H2,1-5H3/t18-,19-,20+,21-,22-/m1/s1. The van der Waals surface area contributed by atoms with Crippen molar-refractivity contribution in [3.63, 3.8) is 0 Å². The predicted octanol–water partition coefficient (Wildman–Crippen LogP) is 2.01. The van der Waals surface area contributed by atoms with Crippen LogP contribution in [0, 0.1) is 0 Å². The number of hydrogen-bond acceptors (Lipinski definition) is 11. The molecule has 1 aromatic carbocycles. The van der Waals surface area contributed by atoms with Crippen LogP contribution in [0.15, 0.2) is 24.3 Å². The molecule has 1 aromatic rings. The average molecular weight is 485 g/mol. The maximum Gasteiger partial charge on any atom is 0.303 e. The van der Waals surface area contributed by atoms with E-state index in [1.807, 2.05) is 24.3 Å². The van der Waals surface area contributed by atoms with Crippen LogP contribution in [0.2, 0.25) is 0 Å². The van der Waals surface area contributed by atoms with Crippen molar-refractivity contribution in [2.45, 2.75) is 63.3 Å². The summed E-state index contributed by atoms with van der Waals surface area (Å²) in [4.78, 5) is 46.8. The van der Waals surface area contributed by atoms with E-state index in [1.165, 1.54) is 39.5 Å². The number of hydrogen-bond donors (Lipinski definition) is 0. The molecule has 0 aliphatic carbocycles. The van der Waals surface area contributed by atoms with Gasteiger partial charge in [0.2, 0.25) is 0 Å². The summed E-state index contributed by atoms with van der Waals surface area (Å²) in [6.45, 7) is 4.55. The number of carbonyl (C=O) groups excluding carboxylic acids is 4. The normalized spacial score (nSPS) is 24.3. The van der Waals surface area contributed by atoms with Gasteiger partial charge >= 0.3 is 23.9 Å². The highest BCUT2D eigenvalue weighted by atomic mass is 32.2. The molecule has 0 saturated carbocycles. The van der Waals surface area contributed by atoms with E-state index >= 15 is 0 Å². The van der Waals surface area contributed by atoms with Crippen LogP contribution in [-0.2, 0) is 48.6 Å². The molecule has 2 rings (SSSR count). The van der Waals surface area contributed by atoms with Crippen molar-refractivity contribution in [2.24, 2.45) is 0 Å². The average Bonchev–Trinajstić information content (AvgIpc) is 2.73. The Morgan fingerprint density at radius 3 is 1.88 bits per heavy atom. The molecule has 1 aliphatic heterocycles. The third kappa shape index (κ3) is 8.25. The third-order valence-electron chi connectivity index (χ3n) is 4.52. The maximum atomic E-state index is 11.8. The van der Waals surface area contributed by atoms with E-state index in [1.54, 1.807) is 7.11 Å². The first-order chi connectivity index (χ1) is 15.6. The minimum atomic E-state index is -1.17. The van der Waals surface area contributed by atoms with E-state index < -0.39 is 53.7 Å². The van der Waals surface area contributed by atoms with Gasteiger partial charge in [0.1, 0.15) is 23.9 Å². The molecule has 182 valence electrons. The molecule has 0 amide bonds. The molecular formula is C22H28O10S. The molecule has 0 aromatic heterocycles. The monoisotopic (exact) mass is 484 g/mol. The van der Waals surface area contributed by atoms with Crippen molar-refractivity contribution in [3.05, 3.63) is 29.8 Å². The Kier molecular flexibility index (Phi) is 9.98. The lowest BCUT2D eigenvalue weighted by molar-refractivity contribution is -0.237. The summed E-state index contributed by atoms with van der Waals surface area (Å²) in [6, 6.07) is 7.36. The van der Waals surface area contributed by atoms with Crippen LogP contribution in [0.1, 0.15) is 33.3 Å². The van der Waals surface area contributed by atoms with Gasteiger partial charge in [-0.3, -0.25) is 19.2 Å². The van der Waals surface area contributed by atoms with Gasteiger partial charge in [0.05, 0.1) is 7.11 Å². The van der Waals surface area contributed by atoms with Gasteiger partial charge in [0.25, 0.3) is 0 Å². The maximum absolute atomic E-state index is 11.8. The number of carbonyl (C=O) groups is 4. The highest BCUT2D eigenvalue weighted by Crippen LogP contribution is 2.35. The van der Waals surface area contributed by atoms with Gasteiger partial charge < -0.3 is 28.4 Å². The number of esters is 4. The molecule has 11 heteroatoms. The fourth-order valence-electron chi connectivity index (χ4n) is 3.22. The number of benzene rings is 1. The van der Waals surface area contributed by atoms with Gasteiger partial charge in [0.15, 0.2) is 18.3 Å². The molecule has 0 radical (unpaired) electrons. The molecule has 5 atom stereocenters. The summed E-state index contributed by atoms with van der Waals surface area (Å²) in [7, 11) is 1.57. The van der Waals surface area contributed by atoms with Crippen LogP contribution >= 0.6 is 11.8 Å². The van der Waals surface area contributed by atoms with Crippen LogP contribution in [0.3, 0.4) is 0 Å². The molecule has 1 fully saturated rings. The van der Waals surface area contributed by atoms with Crippen LogP contribution in [0.4, 0.5) is 0 Å². The Morgan fingerprint density at radius 2 is 1.36 bits per heavy atom. The zero-order chi connectivity index (χ0) is 24.5. The second-order valence-corrected chi connectivity index (χ2v) is 8.31. The van der Waals surface area contributed by atoms with Gasteiger partial charge in [-0.2, -0.15) is 0 Å². The second kappa shape index (κ2) is 12.4. The van der Waals surface area contributed by atoms with Gasteiger partial charge in [-0.1, -0.05) is 12.1 Å². The smallest absolute Gasteiger partial charge is 0.303 e. The number of ether oxygens (including phenoxy) is 6. The van der Waals surface area contributed by atoms with E-state index in [-0.39, 0.29) is 6.61 Å². The summed E-state index contributed by atoms with van der Waals surface area (Å²) in [5, 5.41) is 0. The Bertz CT molecular complexity index is 840. The van der Waals surface area contributed by atoms with Gasteiger partial charge in [-0.25, -0.2) is 0 Å². The van der Waals surface area contributed by atoms with Crippen molar-refractivity contribution >= 4 is 35.6 Å². The second-order valence-electron chi connectivity index (χ2n) is 7.23. The van der Waals surface area contributed by atoms with Gasteiger partial charge in [-0.15, -0.1) is 11.8 Å². The summed E-state index contributed by atoms with van der Waals surface area (Å²) in [5.41, 5.74) is 0.126. The van der Waals surface area contributed by atoms with Gasteiger partial charge in [-0.05, 0) is 17.7 Å². The molecule has 0 N–H and O–H groups in total. The van der Waals surface area contributed by atoms with Crippen molar-refractivity contribution in [1.82, 2.24) is 0 Å². The molecule has 33 heavy (non-hydrogen) atoms. The molecule has 0 bridgehead atoms. The summed E-state index contributed by atoms with van der Waals surface area (Å²) in [5.74, 6) is -1.36. The van der Waals surface area contributed by atoms with Crippen LogP contribution in [-0.4, -0.2) is 67.4 Å². The Morgan fingerprint density at radius 1 is 0.818 bits per heavy atom. The van der Waals surface area contributed by atoms with Crippen molar-refractivity contribution in [1.29, 1.82) is 0 Å². The molecule has 0 unspecified atom stereocenters. The van der Waals surface area contributed by atoms with Crippen LogP contribution < -0.4 is 4.74 Å². The quantitative estimate of drug-likeness (QED) is 0.378. The van der Waals surface area contributed by atoms with Gasteiger partial charge in [0, 0.05) is 33.4 Å². The lowest BCUT2D eigenvalue weighted by Gasteiger charge is -2.44. The van der Waals surface area contributed by atoms with E-state index in [4.69, 9.17) is 28.4 Å². The largest absolute Gasteiger partial charge is 0.497 e. The number of methoxy groups -OCH3 is 1. The topological polar surface area (TPSA) is 124 Å². The molecule has 1 heterocycles. The lowest BCUT2D eigenvalue weighted by atomic mass is 9.99. The number of thioether (sulfide) groups is 1. The minimum Gasteiger partial charge on any atom is -0.497 e. The third-order valence-corrected chi connectivity index (χ3v) is 5.73. The first kappa shape index (κ1) is 26.5. The van der Waals surface area contributed by atoms with Crippen LogP contribution in [0.25, 0.3) is 0 Å².